The van der Waals surface area contributed by atoms with Gasteiger partial charge in [-0.3, -0.25) is 4.79 Å². The summed E-state index contributed by atoms with van der Waals surface area (Å²) < 4.78 is 15.1. The summed E-state index contributed by atoms with van der Waals surface area (Å²) in [6.45, 7) is 4.82. The molecule has 4 rings (SSSR count). The molecule has 1 saturated heterocycles. The highest BCUT2D eigenvalue weighted by Gasteiger charge is 2.34. The summed E-state index contributed by atoms with van der Waals surface area (Å²) >= 11 is 0. The van der Waals surface area contributed by atoms with Gasteiger partial charge in [0.1, 0.15) is 11.3 Å². The Morgan fingerprint density at radius 2 is 2.00 bits per heavy atom. The van der Waals surface area contributed by atoms with Gasteiger partial charge >= 0.3 is 0 Å². The van der Waals surface area contributed by atoms with Crippen molar-refractivity contribution >= 4 is 17.1 Å². The maximum absolute atomic E-state index is 13.1. The van der Waals surface area contributed by atoms with Crippen molar-refractivity contribution in [2.45, 2.75) is 32.4 Å². The van der Waals surface area contributed by atoms with Crippen LogP contribution >= 0.6 is 0 Å². The van der Waals surface area contributed by atoms with Crippen molar-refractivity contribution in [3.05, 3.63) is 59.8 Å². The third-order valence-corrected chi connectivity index (χ3v) is 4.75. The highest BCUT2D eigenvalue weighted by atomic mass is 19.1. The number of halogens is 1. The first kappa shape index (κ1) is 15.7. The van der Waals surface area contributed by atoms with Gasteiger partial charge in [-0.15, -0.1) is 0 Å². The van der Waals surface area contributed by atoms with Gasteiger partial charge < -0.3 is 9.47 Å². The molecule has 5 nitrogen and oxygen atoms in total. The van der Waals surface area contributed by atoms with Crippen molar-refractivity contribution in [3.8, 4) is 0 Å². The molecule has 0 radical (unpaired) electrons. The van der Waals surface area contributed by atoms with Crippen LogP contribution in [0.4, 0.5) is 4.39 Å². The van der Waals surface area contributed by atoms with Crippen LogP contribution < -0.4 is 0 Å². The third-order valence-electron chi connectivity index (χ3n) is 4.75. The number of fused-ring (bicyclic) bond motifs is 1. The van der Waals surface area contributed by atoms with E-state index in [1.165, 1.54) is 12.1 Å². The summed E-state index contributed by atoms with van der Waals surface area (Å²) in [5.74, 6) is -0.328. The molecule has 0 spiro atoms. The Morgan fingerprint density at radius 1 is 1.24 bits per heavy atom. The Morgan fingerprint density at radius 3 is 2.64 bits per heavy atom. The normalized spacial score (nSPS) is 17.1. The summed E-state index contributed by atoms with van der Waals surface area (Å²) in [5, 5.41) is 0. The van der Waals surface area contributed by atoms with Crippen LogP contribution in [0.1, 0.15) is 48.3 Å². The van der Waals surface area contributed by atoms with Crippen molar-refractivity contribution in [2.24, 2.45) is 0 Å². The molecule has 128 valence electrons. The van der Waals surface area contributed by atoms with E-state index in [0.717, 1.165) is 23.1 Å². The molecule has 1 atom stereocenters. The number of likely N-dealkylation sites (tertiary alicyclic amines) is 1. The fourth-order valence-electron chi connectivity index (χ4n) is 3.24. The second-order valence-corrected chi connectivity index (χ2v) is 6.67. The zero-order valence-electron chi connectivity index (χ0n) is 14.2. The number of imidazole rings is 1. The van der Waals surface area contributed by atoms with Crippen LogP contribution in [-0.4, -0.2) is 31.9 Å². The molecule has 3 aromatic rings. The molecule has 3 heterocycles. The van der Waals surface area contributed by atoms with Gasteiger partial charge in [0, 0.05) is 18.8 Å². The first-order valence-electron chi connectivity index (χ1n) is 8.43. The van der Waals surface area contributed by atoms with E-state index < -0.39 is 0 Å². The minimum absolute atomic E-state index is 0.00276. The van der Waals surface area contributed by atoms with Crippen molar-refractivity contribution in [3.63, 3.8) is 0 Å². The first-order valence-corrected chi connectivity index (χ1v) is 8.43. The standard InChI is InChI=1S/C19H19FN4O/c1-12(2)24-11-22-16-9-14(10-21-18(16)24)19(25)23-8-7-17(23)13-3-5-15(20)6-4-13/h3-6,9-12,17H,7-8H2,1-2H3. The van der Waals surface area contributed by atoms with Crippen molar-refractivity contribution in [1.29, 1.82) is 0 Å². The summed E-state index contributed by atoms with van der Waals surface area (Å²) in [6, 6.07) is 8.40. The minimum Gasteiger partial charge on any atom is -0.331 e. The zero-order valence-corrected chi connectivity index (χ0v) is 14.2. The number of pyridine rings is 1. The molecule has 0 saturated carbocycles. The molecule has 25 heavy (non-hydrogen) atoms. The lowest BCUT2D eigenvalue weighted by Gasteiger charge is -2.41. The van der Waals surface area contributed by atoms with Crippen molar-refractivity contribution in [1.82, 2.24) is 19.4 Å². The maximum atomic E-state index is 13.1. The van der Waals surface area contributed by atoms with Crippen LogP contribution in [0.25, 0.3) is 11.2 Å². The van der Waals surface area contributed by atoms with E-state index in [-0.39, 0.29) is 23.8 Å². The Balaban J connectivity index is 1.60. The Bertz CT molecular complexity index is 932. The first-order chi connectivity index (χ1) is 12.0. The maximum Gasteiger partial charge on any atom is 0.256 e. The number of aromatic nitrogens is 3. The molecule has 6 heteroatoms. The molecule has 1 fully saturated rings. The molecule has 0 bridgehead atoms. The van der Waals surface area contributed by atoms with Gasteiger partial charge in [-0.05, 0) is 44.0 Å². The molecule has 1 aromatic carbocycles. The number of nitrogens with zero attached hydrogens (tertiary/aromatic N) is 4. The molecule has 1 amide bonds. The number of hydrogen-bond acceptors (Lipinski definition) is 3. The molecule has 0 aliphatic carbocycles. The SMILES string of the molecule is CC(C)n1cnc2cc(C(=O)N3CCC3c3ccc(F)cc3)cnc21. The van der Waals surface area contributed by atoms with Crippen LogP contribution in [0.2, 0.25) is 0 Å². The largest absolute Gasteiger partial charge is 0.331 e. The van der Waals surface area contributed by atoms with Crippen LogP contribution in [0.5, 0.6) is 0 Å². The van der Waals surface area contributed by atoms with E-state index in [1.54, 1.807) is 35.6 Å². The third kappa shape index (κ3) is 2.67. The van der Waals surface area contributed by atoms with Gasteiger partial charge in [-0.1, -0.05) is 12.1 Å². The highest BCUT2D eigenvalue weighted by molar-refractivity contribution is 5.97. The summed E-state index contributed by atoms with van der Waals surface area (Å²) in [4.78, 5) is 23.4. The second-order valence-electron chi connectivity index (χ2n) is 6.67. The van der Waals surface area contributed by atoms with E-state index in [1.807, 2.05) is 4.57 Å². The lowest BCUT2D eigenvalue weighted by Crippen LogP contribution is -2.45. The van der Waals surface area contributed by atoms with Gasteiger partial charge in [0.2, 0.25) is 0 Å². The molecular weight excluding hydrogens is 319 g/mol. The fourth-order valence-corrected chi connectivity index (χ4v) is 3.24. The van der Waals surface area contributed by atoms with Gasteiger partial charge in [0.05, 0.1) is 17.9 Å². The minimum atomic E-state index is -0.267. The predicted molar refractivity (Wildman–Crippen MR) is 92.7 cm³/mol. The Labute approximate surface area is 145 Å². The Kier molecular flexibility index (Phi) is 3.75. The summed E-state index contributed by atoms with van der Waals surface area (Å²) in [5.41, 5.74) is 3.00. The lowest BCUT2D eigenvalue weighted by atomic mass is 9.94. The average Bonchev–Trinajstić information content (AvgIpc) is 2.99. The molecular formula is C19H19FN4O. The number of hydrogen-bond donors (Lipinski definition) is 0. The van der Waals surface area contributed by atoms with E-state index >= 15 is 0 Å². The van der Waals surface area contributed by atoms with Crippen LogP contribution in [0, 0.1) is 5.82 Å². The quantitative estimate of drug-likeness (QED) is 0.731. The van der Waals surface area contributed by atoms with E-state index in [4.69, 9.17) is 0 Å². The number of carbonyl (C=O) groups is 1. The van der Waals surface area contributed by atoms with E-state index in [9.17, 15) is 9.18 Å². The summed E-state index contributed by atoms with van der Waals surface area (Å²) in [6.07, 6.45) is 4.25. The lowest BCUT2D eigenvalue weighted by molar-refractivity contribution is 0.0460. The number of amides is 1. The van der Waals surface area contributed by atoms with Gasteiger partial charge in [-0.25, -0.2) is 14.4 Å². The second kappa shape index (κ2) is 5.95. The molecule has 1 aliphatic heterocycles. The number of benzene rings is 1. The van der Waals surface area contributed by atoms with Crippen LogP contribution in [0.15, 0.2) is 42.9 Å². The highest BCUT2D eigenvalue weighted by Crippen LogP contribution is 2.34. The van der Waals surface area contributed by atoms with Crippen molar-refractivity contribution in [2.75, 3.05) is 6.54 Å². The van der Waals surface area contributed by atoms with E-state index in [2.05, 4.69) is 23.8 Å². The van der Waals surface area contributed by atoms with Gasteiger partial charge in [0.15, 0.2) is 5.65 Å². The predicted octanol–water partition coefficient (Wildman–Crippen LogP) is 3.74. The van der Waals surface area contributed by atoms with Gasteiger partial charge in [0.25, 0.3) is 5.91 Å². The fraction of sp³-hybridized carbons (Fsp3) is 0.316. The number of rotatable bonds is 3. The summed E-state index contributed by atoms with van der Waals surface area (Å²) in [7, 11) is 0. The van der Waals surface area contributed by atoms with Gasteiger partial charge in [-0.2, -0.15) is 0 Å². The van der Waals surface area contributed by atoms with Crippen LogP contribution in [0.3, 0.4) is 0 Å². The molecule has 1 aliphatic rings. The monoisotopic (exact) mass is 338 g/mol. The van der Waals surface area contributed by atoms with E-state index in [0.29, 0.717) is 12.1 Å². The number of carbonyl (C=O) groups excluding carboxylic acids is 1. The Hall–Kier alpha value is -2.76. The average molecular weight is 338 g/mol. The topological polar surface area (TPSA) is 51.0 Å². The molecule has 1 unspecified atom stereocenters. The molecule has 2 aromatic heterocycles. The smallest absolute Gasteiger partial charge is 0.256 e. The van der Waals surface area contributed by atoms with Crippen LogP contribution in [-0.2, 0) is 0 Å². The van der Waals surface area contributed by atoms with Crippen molar-refractivity contribution < 1.29 is 9.18 Å². The zero-order chi connectivity index (χ0) is 17.6. The molecule has 0 N–H and O–H groups in total.